The van der Waals surface area contributed by atoms with Crippen molar-refractivity contribution in [2.45, 2.75) is 12.5 Å². The van der Waals surface area contributed by atoms with Crippen LogP contribution < -0.4 is 0 Å². The molecule has 1 aliphatic heterocycles. The van der Waals surface area contributed by atoms with E-state index in [-0.39, 0.29) is 0 Å². The highest BCUT2D eigenvalue weighted by atomic mass is 127. The average molecular weight is 227 g/mol. The first-order valence-electron chi connectivity index (χ1n) is 2.79. The highest BCUT2D eigenvalue weighted by molar-refractivity contribution is 14.1. The lowest BCUT2D eigenvalue weighted by atomic mass is 10.3. The van der Waals surface area contributed by atoms with Gasteiger partial charge >= 0.3 is 0 Å². The summed E-state index contributed by atoms with van der Waals surface area (Å²) in [5, 5.41) is 0. The molecule has 0 aliphatic carbocycles. The molecule has 1 rings (SSSR count). The minimum atomic E-state index is 0.487. The van der Waals surface area contributed by atoms with E-state index in [1.165, 1.54) is 13.0 Å². The van der Waals surface area contributed by atoms with Gasteiger partial charge in [-0.25, -0.2) is 0 Å². The topological polar surface area (TPSA) is 12.5 Å². The molecule has 2 nitrogen and oxygen atoms in total. The van der Waals surface area contributed by atoms with Crippen LogP contribution in [0.3, 0.4) is 0 Å². The van der Waals surface area contributed by atoms with Crippen molar-refractivity contribution in [3.63, 3.8) is 0 Å². The summed E-state index contributed by atoms with van der Waals surface area (Å²) in [7, 11) is 2.12. The molecule has 0 aromatic heterocycles. The number of nitrogens with zero attached hydrogens (tertiary/aromatic N) is 1. The molecule has 1 saturated heterocycles. The van der Waals surface area contributed by atoms with E-state index in [4.69, 9.17) is 3.07 Å². The fraction of sp³-hybridized carbons (Fsp3) is 1.00. The number of hydrogen-bond acceptors (Lipinski definition) is 2. The summed E-state index contributed by atoms with van der Waals surface area (Å²) in [4.78, 5) is 2.28. The van der Waals surface area contributed by atoms with Crippen LogP contribution in [0.4, 0.5) is 0 Å². The lowest BCUT2D eigenvalue weighted by Gasteiger charge is -2.05. The molecule has 48 valence electrons. The fourth-order valence-electron chi connectivity index (χ4n) is 0.967. The Kier molecular flexibility index (Phi) is 2.52. The first-order chi connectivity index (χ1) is 3.83. The Morgan fingerprint density at radius 3 is 2.75 bits per heavy atom. The Morgan fingerprint density at radius 2 is 2.50 bits per heavy atom. The lowest BCUT2D eigenvalue weighted by molar-refractivity contribution is 0.281. The van der Waals surface area contributed by atoms with Gasteiger partial charge in [-0.1, -0.05) is 0 Å². The number of halogens is 1. The minimum absolute atomic E-state index is 0.487. The van der Waals surface area contributed by atoms with Gasteiger partial charge < -0.3 is 7.97 Å². The summed E-state index contributed by atoms with van der Waals surface area (Å²) in [6.45, 7) is 2.29. The zero-order valence-corrected chi connectivity index (χ0v) is 7.09. The molecule has 0 spiro atoms. The van der Waals surface area contributed by atoms with Crippen molar-refractivity contribution in [2.75, 3.05) is 20.1 Å². The largest absolute Gasteiger partial charge is 0.311 e. The standard InChI is InChI=1S/C5H10INO/c1-7-3-2-5(4-7)8-6/h5H,2-4H2,1H3. The van der Waals surface area contributed by atoms with E-state index in [1.54, 1.807) is 0 Å². The van der Waals surface area contributed by atoms with Crippen LogP contribution in [0, 0.1) is 0 Å². The smallest absolute Gasteiger partial charge is 0.110 e. The highest BCUT2D eigenvalue weighted by Crippen LogP contribution is 2.12. The van der Waals surface area contributed by atoms with Gasteiger partial charge in [-0.05, 0) is 13.5 Å². The van der Waals surface area contributed by atoms with Gasteiger partial charge in [-0.2, -0.15) is 0 Å². The van der Waals surface area contributed by atoms with Crippen LogP contribution in [0.1, 0.15) is 6.42 Å². The summed E-state index contributed by atoms with van der Waals surface area (Å²) in [6, 6.07) is 0. The number of likely N-dealkylation sites (N-methyl/N-ethyl adjacent to an activating group) is 1. The maximum Gasteiger partial charge on any atom is 0.110 e. The average Bonchev–Trinajstić information content (AvgIpc) is 2.14. The van der Waals surface area contributed by atoms with Crippen LogP contribution >= 0.6 is 23.0 Å². The van der Waals surface area contributed by atoms with E-state index in [1.807, 2.05) is 23.0 Å². The molecule has 0 saturated carbocycles. The van der Waals surface area contributed by atoms with E-state index in [0.29, 0.717) is 6.10 Å². The van der Waals surface area contributed by atoms with Crippen LogP contribution in [0.15, 0.2) is 0 Å². The predicted molar refractivity (Wildman–Crippen MR) is 41.0 cm³/mol. The molecule has 0 bridgehead atoms. The summed E-state index contributed by atoms with van der Waals surface area (Å²) >= 11 is 1.97. The van der Waals surface area contributed by atoms with Crippen molar-refractivity contribution < 1.29 is 3.07 Å². The maximum atomic E-state index is 5.11. The van der Waals surface area contributed by atoms with Gasteiger partial charge in [-0.3, -0.25) is 0 Å². The SMILES string of the molecule is CN1CCC(OI)C1. The molecule has 8 heavy (non-hydrogen) atoms. The molecule has 0 amide bonds. The fourth-order valence-corrected chi connectivity index (χ4v) is 1.38. The molecule has 0 aromatic rings. The third kappa shape index (κ3) is 1.56. The Hall–Kier alpha value is 0.650. The van der Waals surface area contributed by atoms with Gasteiger partial charge in [-0.15, -0.1) is 0 Å². The Bertz CT molecular complexity index is 78.8. The van der Waals surface area contributed by atoms with Crippen LogP contribution in [0.25, 0.3) is 0 Å². The molecule has 1 aliphatic rings. The number of rotatable bonds is 1. The Labute approximate surface area is 63.9 Å². The van der Waals surface area contributed by atoms with E-state index in [9.17, 15) is 0 Å². The zero-order valence-electron chi connectivity index (χ0n) is 4.93. The van der Waals surface area contributed by atoms with Crippen molar-refractivity contribution in [3.05, 3.63) is 0 Å². The third-order valence-corrected chi connectivity index (χ3v) is 2.19. The van der Waals surface area contributed by atoms with Gasteiger partial charge in [0.1, 0.15) is 23.0 Å². The molecule has 0 radical (unpaired) electrons. The second-order valence-electron chi connectivity index (χ2n) is 2.26. The summed E-state index contributed by atoms with van der Waals surface area (Å²) < 4.78 is 5.11. The van der Waals surface area contributed by atoms with E-state index in [0.717, 1.165) is 6.54 Å². The third-order valence-electron chi connectivity index (χ3n) is 1.47. The van der Waals surface area contributed by atoms with E-state index < -0.39 is 0 Å². The lowest BCUT2D eigenvalue weighted by Crippen LogP contribution is -2.16. The number of likely N-dealkylation sites (tertiary alicyclic amines) is 1. The normalized spacial score (nSPS) is 31.5. The van der Waals surface area contributed by atoms with Gasteiger partial charge in [0, 0.05) is 13.1 Å². The van der Waals surface area contributed by atoms with Crippen molar-refractivity contribution in [2.24, 2.45) is 0 Å². The van der Waals surface area contributed by atoms with Gasteiger partial charge in [0.15, 0.2) is 0 Å². The minimum Gasteiger partial charge on any atom is -0.311 e. The summed E-state index contributed by atoms with van der Waals surface area (Å²) in [5.74, 6) is 0. The van der Waals surface area contributed by atoms with Crippen molar-refractivity contribution in [1.29, 1.82) is 0 Å². The predicted octanol–water partition coefficient (Wildman–Crippen LogP) is 1.06. The molecule has 1 unspecified atom stereocenters. The monoisotopic (exact) mass is 227 g/mol. The Morgan fingerprint density at radius 1 is 1.75 bits per heavy atom. The van der Waals surface area contributed by atoms with E-state index >= 15 is 0 Å². The second kappa shape index (κ2) is 2.98. The van der Waals surface area contributed by atoms with E-state index in [2.05, 4.69) is 11.9 Å². The summed E-state index contributed by atoms with van der Waals surface area (Å²) in [6.07, 6.45) is 1.68. The highest BCUT2D eigenvalue weighted by Gasteiger charge is 2.18. The summed E-state index contributed by atoms with van der Waals surface area (Å²) in [5.41, 5.74) is 0. The van der Waals surface area contributed by atoms with Crippen molar-refractivity contribution >= 4 is 23.0 Å². The van der Waals surface area contributed by atoms with Gasteiger partial charge in [0.2, 0.25) is 0 Å². The van der Waals surface area contributed by atoms with Crippen LogP contribution in [-0.2, 0) is 3.07 Å². The molecule has 1 heterocycles. The van der Waals surface area contributed by atoms with Gasteiger partial charge in [0.05, 0.1) is 6.10 Å². The van der Waals surface area contributed by atoms with Crippen molar-refractivity contribution in [3.8, 4) is 0 Å². The van der Waals surface area contributed by atoms with Crippen molar-refractivity contribution in [1.82, 2.24) is 4.90 Å². The molecule has 1 atom stereocenters. The van der Waals surface area contributed by atoms with Crippen LogP contribution in [-0.4, -0.2) is 31.1 Å². The molecular formula is C5H10INO. The second-order valence-corrected chi connectivity index (χ2v) is 2.77. The molecule has 0 N–H and O–H groups in total. The molecule has 3 heteroatoms. The molecule has 1 fully saturated rings. The van der Waals surface area contributed by atoms with Crippen LogP contribution in [0.5, 0.6) is 0 Å². The van der Waals surface area contributed by atoms with Gasteiger partial charge in [0.25, 0.3) is 0 Å². The zero-order chi connectivity index (χ0) is 5.98. The maximum absolute atomic E-state index is 5.11. The first kappa shape index (κ1) is 6.77. The quantitative estimate of drug-likeness (QED) is 0.621. The van der Waals surface area contributed by atoms with Crippen LogP contribution in [0.2, 0.25) is 0 Å². The Balaban J connectivity index is 2.22. The number of hydrogen-bond donors (Lipinski definition) is 0. The molecular weight excluding hydrogens is 217 g/mol. The molecule has 0 aromatic carbocycles. The first-order valence-corrected chi connectivity index (χ1v) is 3.67.